The van der Waals surface area contributed by atoms with Gasteiger partial charge in [0.05, 0.1) is 18.1 Å². The van der Waals surface area contributed by atoms with Gasteiger partial charge in [0.15, 0.2) is 0 Å². The van der Waals surface area contributed by atoms with Crippen molar-refractivity contribution in [2.75, 3.05) is 31.6 Å². The van der Waals surface area contributed by atoms with E-state index >= 15 is 0 Å². The molecule has 0 bridgehead atoms. The summed E-state index contributed by atoms with van der Waals surface area (Å²) in [6, 6.07) is 5.42. The lowest BCUT2D eigenvalue weighted by atomic mass is 10.1. The summed E-state index contributed by atoms with van der Waals surface area (Å²) in [6.07, 6.45) is 3.35. The van der Waals surface area contributed by atoms with Crippen LogP contribution in [0.4, 0.5) is 11.4 Å². The van der Waals surface area contributed by atoms with E-state index in [1.807, 2.05) is 6.07 Å². The SMILES string of the molecule is CCCN(CC1CCCN1)c1cc(OC)cc([N+](=O)[O-])c1. The number of ether oxygens (including phenoxy) is 1. The van der Waals surface area contributed by atoms with Crippen LogP contribution in [0, 0.1) is 10.1 Å². The summed E-state index contributed by atoms with van der Waals surface area (Å²) in [6.45, 7) is 4.92. The van der Waals surface area contributed by atoms with Crippen LogP contribution in [-0.2, 0) is 0 Å². The van der Waals surface area contributed by atoms with Crippen molar-refractivity contribution in [1.29, 1.82) is 0 Å². The lowest BCUT2D eigenvalue weighted by molar-refractivity contribution is -0.384. The number of nitro benzene ring substituents is 1. The van der Waals surface area contributed by atoms with E-state index in [0.717, 1.165) is 38.2 Å². The summed E-state index contributed by atoms with van der Waals surface area (Å²) in [5, 5.41) is 14.5. The van der Waals surface area contributed by atoms with Crippen LogP contribution in [0.25, 0.3) is 0 Å². The second kappa shape index (κ2) is 7.26. The van der Waals surface area contributed by atoms with Gasteiger partial charge in [0, 0.05) is 37.0 Å². The van der Waals surface area contributed by atoms with Crippen LogP contribution in [0.1, 0.15) is 26.2 Å². The second-order valence-corrected chi connectivity index (χ2v) is 5.39. The Balaban J connectivity index is 2.24. The highest BCUT2D eigenvalue weighted by atomic mass is 16.6. The minimum atomic E-state index is -0.371. The Bertz CT molecular complexity index is 487. The number of nitrogens with zero attached hydrogens (tertiary/aromatic N) is 2. The van der Waals surface area contributed by atoms with Gasteiger partial charge in [-0.25, -0.2) is 0 Å². The first-order chi connectivity index (χ1) is 10.1. The molecule has 0 aromatic heterocycles. The summed E-state index contributed by atoms with van der Waals surface area (Å²) in [5.41, 5.74) is 0.932. The Labute approximate surface area is 125 Å². The van der Waals surface area contributed by atoms with Crippen LogP contribution >= 0.6 is 0 Å². The van der Waals surface area contributed by atoms with Crippen molar-refractivity contribution in [3.8, 4) is 5.75 Å². The second-order valence-electron chi connectivity index (χ2n) is 5.39. The fourth-order valence-corrected chi connectivity index (χ4v) is 2.75. The summed E-state index contributed by atoms with van der Waals surface area (Å²) in [5.74, 6) is 0.527. The summed E-state index contributed by atoms with van der Waals surface area (Å²) < 4.78 is 5.20. The molecule has 1 heterocycles. The zero-order chi connectivity index (χ0) is 15.2. The van der Waals surface area contributed by atoms with Crippen molar-refractivity contribution in [2.45, 2.75) is 32.2 Å². The number of nitrogens with one attached hydrogen (secondary N) is 1. The smallest absolute Gasteiger partial charge is 0.275 e. The molecule has 1 aromatic rings. The molecule has 0 amide bonds. The first-order valence-corrected chi connectivity index (χ1v) is 7.46. The van der Waals surface area contributed by atoms with Crippen molar-refractivity contribution >= 4 is 11.4 Å². The van der Waals surface area contributed by atoms with Crippen LogP contribution in [-0.4, -0.2) is 37.7 Å². The normalized spacial score (nSPS) is 17.7. The molecule has 0 aliphatic carbocycles. The lowest BCUT2D eigenvalue weighted by Crippen LogP contribution is -2.38. The number of non-ortho nitro benzene ring substituents is 1. The molecule has 1 atom stereocenters. The van der Waals surface area contributed by atoms with E-state index in [2.05, 4.69) is 17.1 Å². The Hall–Kier alpha value is -1.82. The zero-order valence-corrected chi connectivity index (χ0v) is 12.7. The fraction of sp³-hybridized carbons (Fsp3) is 0.600. The quantitative estimate of drug-likeness (QED) is 0.618. The number of hydrogen-bond donors (Lipinski definition) is 1. The standard InChI is InChI=1S/C15H23N3O3/c1-3-7-17(11-12-5-4-6-16-12)13-8-14(18(19)20)10-15(9-13)21-2/h8-10,12,16H,3-7,11H2,1-2H3. The fourth-order valence-electron chi connectivity index (χ4n) is 2.75. The average Bonchev–Trinajstić information content (AvgIpc) is 2.99. The summed E-state index contributed by atoms with van der Waals surface area (Å²) >= 11 is 0. The van der Waals surface area contributed by atoms with Crippen molar-refractivity contribution in [3.05, 3.63) is 28.3 Å². The molecular weight excluding hydrogens is 270 g/mol. The minimum Gasteiger partial charge on any atom is -0.496 e. The Morgan fingerprint density at radius 3 is 2.86 bits per heavy atom. The molecule has 1 aliphatic rings. The molecule has 21 heavy (non-hydrogen) atoms. The van der Waals surface area contributed by atoms with Crippen molar-refractivity contribution in [1.82, 2.24) is 5.32 Å². The topological polar surface area (TPSA) is 67.6 Å². The third-order valence-electron chi connectivity index (χ3n) is 3.78. The molecule has 6 heteroatoms. The highest BCUT2D eigenvalue weighted by molar-refractivity contribution is 5.58. The molecule has 2 rings (SSSR count). The molecular formula is C15H23N3O3. The Morgan fingerprint density at radius 1 is 1.48 bits per heavy atom. The number of anilines is 1. The van der Waals surface area contributed by atoms with Crippen LogP contribution < -0.4 is 15.0 Å². The van der Waals surface area contributed by atoms with E-state index in [-0.39, 0.29) is 10.6 Å². The number of nitro groups is 1. The Morgan fingerprint density at radius 2 is 2.29 bits per heavy atom. The van der Waals surface area contributed by atoms with Gasteiger partial charge < -0.3 is 15.0 Å². The molecule has 0 spiro atoms. The van der Waals surface area contributed by atoms with E-state index in [9.17, 15) is 10.1 Å². The molecule has 6 nitrogen and oxygen atoms in total. The van der Waals surface area contributed by atoms with Crippen molar-refractivity contribution in [2.24, 2.45) is 0 Å². The van der Waals surface area contributed by atoms with E-state index in [0.29, 0.717) is 11.8 Å². The molecule has 1 saturated heterocycles. The van der Waals surface area contributed by atoms with Gasteiger partial charge in [-0.2, -0.15) is 0 Å². The maximum absolute atomic E-state index is 11.1. The zero-order valence-electron chi connectivity index (χ0n) is 12.7. The first-order valence-electron chi connectivity index (χ1n) is 7.46. The molecule has 1 N–H and O–H groups in total. The van der Waals surface area contributed by atoms with Gasteiger partial charge in [-0.3, -0.25) is 10.1 Å². The minimum absolute atomic E-state index is 0.0739. The maximum Gasteiger partial charge on any atom is 0.275 e. The van der Waals surface area contributed by atoms with Gasteiger partial charge in [0.1, 0.15) is 5.75 Å². The monoisotopic (exact) mass is 293 g/mol. The molecule has 0 radical (unpaired) electrons. The molecule has 1 fully saturated rings. The highest BCUT2D eigenvalue weighted by Gasteiger charge is 2.20. The average molecular weight is 293 g/mol. The summed E-state index contributed by atoms with van der Waals surface area (Å²) in [4.78, 5) is 12.9. The molecule has 0 saturated carbocycles. The molecule has 116 valence electrons. The molecule has 1 unspecified atom stereocenters. The lowest BCUT2D eigenvalue weighted by Gasteiger charge is -2.27. The third kappa shape index (κ3) is 4.07. The van der Waals surface area contributed by atoms with Crippen LogP contribution in [0.3, 0.4) is 0 Å². The number of methoxy groups -OCH3 is 1. The predicted octanol–water partition coefficient (Wildman–Crippen LogP) is 2.57. The third-order valence-corrected chi connectivity index (χ3v) is 3.78. The first kappa shape index (κ1) is 15.6. The van der Waals surface area contributed by atoms with Crippen molar-refractivity contribution in [3.63, 3.8) is 0 Å². The van der Waals surface area contributed by atoms with Crippen molar-refractivity contribution < 1.29 is 9.66 Å². The Kier molecular flexibility index (Phi) is 5.38. The van der Waals surface area contributed by atoms with Gasteiger partial charge in [0.2, 0.25) is 0 Å². The van der Waals surface area contributed by atoms with Gasteiger partial charge in [-0.05, 0) is 25.8 Å². The van der Waals surface area contributed by atoms with Gasteiger partial charge in [-0.1, -0.05) is 6.92 Å². The van der Waals surface area contributed by atoms with E-state index < -0.39 is 0 Å². The van der Waals surface area contributed by atoms with Gasteiger partial charge in [0.25, 0.3) is 5.69 Å². The van der Waals surface area contributed by atoms with Crippen LogP contribution in [0.5, 0.6) is 5.75 Å². The number of benzene rings is 1. The van der Waals surface area contributed by atoms with Crippen LogP contribution in [0.2, 0.25) is 0 Å². The maximum atomic E-state index is 11.1. The van der Waals surface area contributed by atoms with E-state index in [1.54, 1.807) is 6.07 Å². The van der Waals surface area contributed by atoms with Gasteiger partial charge >= 0.3 is 0 Å². The molecule has 1 aromatic carbocycles. The van der Waals surface area contributed by atoms with E-state index in [1.165, 1.54) is 19.6 Å². The molecule has 1 aliphatic heterocycles. The largest absolute Gasteiger partial charge is 0.496 e. The number of hydrogen-bond acceptors (Lipinski definition) is 5. The summed E-state index contributed by atoms with van der Waals surface area (Å²) in [7, 11) is 1.53. The van der Waals surface area contributed by atoms with Gasteiger partial charge in [-0.15, -0.1) is 0 Å². The van der Waals surface area contributed by atoms with Crippen LogP contribution in [0.15, 0.2) is 18.2 Å². The predicted molar refractivity (Wildman–Crippen MR) is 83.2 cm³/mol. The number of rotatable bonds is 7. The highest BCUT2D eigenvalue weighted by Crippen LogP contribution is 2.29. The van der Waals surface area contributed by atoms with E-state index in [4.69, 9.17) is 4.74 Å².